The summed E-state index contributed by atoms with van der Waals surface area (Å²) in [4.78, 5) is 16.4. The predicted molar refractivity (Wildman–Crippen MR) is 121 cm³/mol. The van der Waals surface area contributed by atoms with Crippen molar-refractivity contribution in [1.82, 2.24) is 19.9 Å². The van der Waals surface area contributed by atoms with Gasteiger partial charge >= 0.3 is 6.09 Å². The van der Waals surface area contributed by atoms with Crippen LogP contribution in [-0.4, -0.2) is 47.6 Å². The van der Waals surface area contributed by atoms with Gasteiger partial charge < -0.3 is 10.1 Å². The molecule has 10 heteroatoms. The number of carbonyl (C=O) groups is 1. The molecule has 9 nitrogen and oxygen atoms in total. The summed E-state index contributed by atoms with van der Waals surface area (Å²) < 4.78 is 34.1. The number of amides is 1. The molecule has 2 heterocycles. The van der Waals surface area contributed by atoms with Crippen LogP contribution < -0.4 is 5.32 Å². The fourth-order valence-corrected chi connectivity index (χ4v) is 3.56. The van der Waals surface area contributed by atoms with Crippen molar-refractivity contribution >= 4 is 21.7 Å². The first-order chi connectivity index (χ1) is 14.9. The molecule has 0 aliphatic rings. The fraction of sp³-hybridized carbons (Fsp3) is 0.409. The molecule has 0 spiro atoms. The summed E-state index contributed by atoms with van der Waals surface area (Å²) in [6.45, 7) is 7.86. The molecule has 0 unspecified atom stereocenters. The summed E-state index contributed by atoms with van der Waals surface area (Å²) in [6, 6.07) is 7.83. The zero-order chi connectivity index (χ0) is 23.5. The number of carbonyl (C=O) groups excluding carboxylic acids is 1. The van der Waals surface area contributed by atoms with Crippen LogP contribution in [0.25, 0.3) is 16.8 Å². The first-order valence-electron chi connectivity index (χ1n) is 10.1. The second-order valence-electron chi connectivity index (χ2n) is 8.56. The van der Waals surface area contributed by atoms with Crippen LogP contribution in [-0.2, 0) is 32.0 Å². The maximum Gasteiger partial charge on any atom is 0.407 e. The summed E-state index contributed by atoms with van der Waals surface area (Å²) in [6.07, 6.45) is 4.32. The Balaban J connectivity index is 1.76. The van der Waals surface area contributed by atoms with Crippen LogP contribution in [0.1, 0.15) is 37.5 Å². The third-order valence-electron chi connectivity index (χ3n) is 4.59. The Morgan fingerprint density at radius 2 is 1.97 bits per heavy atom. The number of alkyl carbamates (subject to hydrolysis) is 1. The number of hydrogen-bond donors (Lipinski definition) is 1. The maximum atomic E-state index is 11.9. The largest absolute Gasteiger partial charge is 0.444 e. The number of fused-ring (bicyclic) bond motifs is 1. The molecule has 0 fully saturated rings. The summed E-state index contributed by atoms with van der Waals surface area (Å²) in [7, 11) is -3.47. The monoisotopic (exact) mass is 460 g/mol. The van der Waals surface area contributed by atoms with E-state index in [2.05, 4.69) is 15.4 Å². The van der Waals surface area contributed by atoms with E-state index in [1.54, 1.807) is 4.52 Å². The van der Waals surface area contributed by atoms with Crippen LogP contribution >= 0.6 is 0 Å². The molecule has 2 aromatic heterocycles. The predicted octanol–water partition coefficient (Wildman–Crippen LogP) is 3.25. The van der Waals surface area contributed by atoms with Gasteiger partial charge in [0.2, 0.25) is 0 Å². The van der Waals surface area contributed by atoms with Crippen molar-refractivity contribution in [1.29, 1.82) is 0 Å². The Bertz CT molecular complexity index is 1230. The van der Waals surface area contributed by atoms with Crippen molar-refractivity contribution in [3.8, 4) is 11.3 Å². The van der Waals surface area contributed by atoms with Gasteiger partial charge in [0.15, 0.2) is 0 Å². The van der Waals surface area contributed by atoms with Gasteiger partial charge in [-0.05, 0) is 62.9 Å². The molecule has 0 atom stereocenters. The smallest absolute Gasteiger partial charge is 0.407 e. The lowest BCUT2D eigenvalue weighted by molar-refractivity contribution is 0.0523. The van der Waals surface area contributed by atoms with Crippen LogP contribution in [0.5, 0.6) is 0 Å². The van der Waals surface area contributed by atoms with Gasteiger partial charge in [-0.1, -0.05) is 12.1 Å². The van der Waals surface area contributed by atoms with Gasteiger partial charge in [-0.2, -0.15) is 13.5 Å². The van der Waals surface area contributed by atoms with Gasteiger partial charge in [0.1, 0.15) is 11.9 Å². The van der Waals surface area contributed by atoms with Crippen molar-refractivity contribution < 1.29 is 22.1 Å². The SMILES string of the molecule is Cc1cc(-c2ncnn3cc(CCOS(C)(=O)=O)cc23)ccc1CNC(=O)OC(C)(C)C. The van der Waals surface area contributed by atoms with E-state index in [1.807, 2.05) is 58.2 Å². The molecule has 1 amide bonds. The highest BCUT2D eigenvalue weighted by molar-refractivity contribution is 7.85. The van der Waals surface area contributed by atoms with E-state index in [4.69, 9.17) is 8.92 Å². The molecule has 32 heavy (non-hydrogen) atoms. The highest BCUT2D eigenvalue weighted by Gasteiger charge is 2.16. The number of benzene rings is 1. The highest BCUT2D eigenvalue weighted by Crippen LogP contribution is 2.25. The first kappa shape index (κ1) is 23.7. The third-order valence-corrected chi connectivity index (χ3v) is 5.18. The number of aryl methyl sites for hydroxylation is 1. The zero-order valence-corrected chi connectivity index (χ0v) is 19.7. The summed E-state index contributed by atoms with van der Waals surface area (Å²) in [5.74, 6) is 0. The average Bonchev–Trinajstić information content (AvgIpc) is 3.07. The highest BCUT2D eigenvalue weighted by atomic mass is 32.2. The molecule has 1 N–H and O–H groups in total. The van der Waals surface area contributed by atoms with Crippen molar-refractivity contribution in [2.75, 3.05) is 12.9 Å². The van der Waals surface area contributed by atoms with Gasteiger partial charge in [-0.3, -0.25) is 4.18 Å². The molecule has 172 valence electrons. The molecule has 3 rings (SSSR count). The standard InChI is InChI=1S/C22H28N4O5S/c1-15-10-17(6-7-18(15)12-23-21(27)31-22(2,3)4)20-19-11-16(8-9-30-32(5,28)29)13-26(19)25-14-24-20/h6-7,10-11,13-14H,8-9,12H2,1-5H3,(H,23,27). The molecule has 0 bridgehead atoms. The first-order valence-corrected chi connectivity index (χ1v) is 12.0. The zero-order valence-electron chi connectivity index (χ0n) is 18.9. The Kier molecular flexibility index (Phi) is 6.85. The summed E-state index contributed by atoms with van der Waals surface area (Å²) in [5.41, 5.74) is 4.79. The van der Waals surface area contributed by atoms with Crippen molar-refractivity contribution in [3.05, 3.63) is 53.5 Å². The molecule has 0 radical (unpaired) electrons. The Morgan fingerprint density at radius 1 is 1.22 bits per heavy atom. The van der Waals surface area contributed by atoms with Crippen LogP contribution in [0.4, 0.5) is 4.79 Å². The lowest BCUT2D eigenvalue weighted by atomic mass is 10.0. The van der Waals surface area contributed by atoms with Crippen LogP contribution in [0.2, 0.25) is 0 Å². The normalized spacial score (nSPS) is 12.2. The maximum absolute atomic E-state index is 11.9. The van der Waals surface area contributed by atoms with Crippen LogP contribution in [0.3, 0.4) is 0 Å². The van der Waals surface area contributed by atoms with E-state index >= 15 is 0 Å². The Morgan fingerprint density at radius 3 is 2.62 bits per heavy atom. The Labute approximate surface area is 187 Å². The Hall–Kier alpha value is -2.98. The number of nitrogens with zero attached hydrogens (tertiary/aromatic N) is 3. The van der Waals surface area contributed by atoms with Crippen molar-refractivity contribution in [3.63, 3.8) is 0 Å². The quantitative estimate of drug-likeness (QED) is 0.539. The lowest BCUT2D eigenvalue weighted by Crippen LogP contribution is -2.32. The van der Waals surface area contributed by atoms with Crippen LogP contribution in [0, 0.1) is 6.92 Å². The van der Waals surface area contributed by atoms with Gasteiger partial charge in [0.05, 0.1) is 24.1 Å². The molecule has 0 aliphatic carbocycles. The molecule has 0 aliphatic heterocycles. The van der Waals surface area contributed by atoms with E-state index in [-0.39, 0.29) is 6.61 Å². The second-order valence-corrected chi connectivity index (χ2v) is 10.2. The number of aromatic nitrogens is 3. The molecular formula is C22H28N4O5S. The van der Waals surface area contributed by atoms with Crippen molar-refractivity contribution in [2.45, 2.75) is 46.3 Å². The fourth-order valence-electron chi connectivity index (χ4n) is 3.18. The van der Waals surface area contributed by atoms with Gasteiger partial charge in [-0.25, -0.2) is 14.3 Å². The van der Waals surface area contributed by atoms with Gasteiger partial charge in [0, 0.05) is 18.3 Å². The van der Waals surface area contributed by atoms with E-state index in [9.17, 15) is 13.2 Å². The number of ether oxygens (including phenoxy) is 1. The minimum atomic E-state index is -3.47. The van der Waals surface area contributed by atoms with E-state index in [1.165, 1.54) is 6.33 Å². The summed E-state index contributed by atoms with van der Waals surface area (Å²) >= 11 is 0. The number of nitrogens with one attached hydrogen (secondary N) is 1. The van der Waals surface area contributed by atoms with E-state index < -0.39 is 21.8 Å². The van der Waals surface area contributed by atoms with Gasteiger partial charge in [0.25, 0.3) is 10.1 Å². The van der Waals surface area contributed by atoms with Crippen molar-refractivity contribution in [2.24, 2.45) is 0 Å². The molecular weight excluding hydrogens is 432 g/mol. The molecule has 3 aromatic rings. The minimum absolute atomic E-state index is 0.0664. The van der Waals surface area contributed by atoms with Crippen LogP contribution in [0.15, 0.2) is 36.8 Å². The molecule has 0 saturated heterocycles. The number of rotatable bonds is 7. The van der Waals surface area contributed by atoms with E-state index in [0.29, 0.717) is 13.0 Å². The lowest BCUT2D eigenvalue weighted by Gasteiger charge is -2.20. The van der Waals surface area contributed by atoms with Gasteiger partial charge in [-0.15, -0.1) is 0 Å². The second kappa shape index (κ2) is 9.25. The minimum Gasteiger partial charge on any atom is -0.444 e. The number of hydrogen-bond acceptors (Lipinski definition) is 7. The van der Waals surface area contributed by atoms with E-state index in [0.717, 1.165) is 39.7 Å². The summed E-state index contributed by atoms with van der Waals surface area (Å²) in [5, 5.41) is 7.02. The third kappa shape index (κ3) is 6.51. The molecule has 0 saturated carbocycles. The topological polar surface area (TPSA) is 112 Å². The average molecular weight is 461 g/mol. The molecule has 1 aromatic carbocycles.